The molecule has 1 atom stereocenters. The highest BCUT2D eigenvalue weighted by Gasteiger charge is 2.11. The van der Waals surface area contributed by atoms with Gasteiger partial charge in [0.25, 0.3) is 0 Å². The highest BCUT2D eigenvalue weighted by atomic mass is 32.1. The molecule has 0 aliphatic carbocycles. The van der Waals surface area contributed by atoms with E-state index in [9.17, 15) is 4.79 Å². The number of thiophene rings is 1. The Morgan fingerprint density at radius 1 is 1.44 bits per heavy atom. The topological polar surface area (TPSA) is 75.3 Å². The standard InChI is InChI=1S/C13H16N2O2S/c14-11(7-16)13(17)15-6-5-9-8-18-12-4-2-1-3-10(9)12/h1-4,8,11,16H,5-7,14H2,(H,15,17). The van der Waals surface area contributed by atoms with Crippen LogP contribution in [-0.4, -0.2) is 30.2 Å². The molecule has 96 valence electrons. The van der Waals surface area contributed by atoms with Gasteiger partial charge in [-0.3, -0.25) is 4.79 Å². The van der Waals surface area contributed by atoms with Crippen molar-refractivity contribution in [3.8, 4) is 0 Å². The van der Waals surface area contributed by atoms with Crippen LogP contribution in [0, 0.1) is 0 Å². The predicted octanol–water partition coefficient (Wildman–Crippen LogP) is 0.880. The zero-order valence-corrected chi connectivity index (χ0v) is 10.7. The Bertz CT molecular complexity index is 539. The molecule has 1 heterocycles. The van der Waals surface area contributed by atoms with E-state index in [0.29, 0.717) is 6.54 Å². The molecule has 0 aliphatic rings. The van der Waals surface area contributed by atoms with E-state index in [0.717, 1.165) is 6.42 Å². The van der Waals surface area contributed by atoms with Gasteiger partial charge in [-0.2, -0.15) is 0 Å². The van der Waals surface area contributed by atoms with Crippen LogP contribution in [0.2, 0.25) is 0 Å². The number of nitrogens with one attached hydrogen (secondary N) is 1. The first-order valence-electron chi connectivity index (χ1n) is 5.81. The van der Waals surface area contributed by atoms with Gasteiger partial charge >= 0.3 is 0 Å². The number of carbonyl (C=O) groups excluding carboxylic acids is 1. The molecule has 0 saturated heterocycles. The minimum absolute atomic E-state index is 0.308. The van der Waals surface area contributed by atoms with Crippen LogP contribution in [0.15, 0.2) is 29.6 Å². The van der Waals surface area contributed by atoms with Gasteiger partial charge < -0.3 is 16.2 Å². The van der Waals surface area contributed by atoms with E-state index in [-0.39, 0.29) is 12.5 Å². The number of aliphatic hydroxyl groups is 1. The summed E-state index contributed by atoms with van der Waals surface area (Å²) < 4.78 is 1.26. The van der Waals surface area contributed by atoms with E-state index in [4.69, 9.17) is 10.8 Å². The molecule has 1 amide bonds. The van der Waals surface area contributed by atoms with E-state index in [1.54, 1.807) is 11.3 Å². The molecule has 0 radical (unpaired) electrons. The van der Waals surface area contributed by atoms with Crippen molar-refractivity contribution in [3.63, 3.8) is 0 Å². The number of hydrogen-bond acceptors (Lipinski definition) is 4. The lowest BCUT2D eigenvalue weighted by Gasteiger charge is -2.08. The quantitative estimate of drug-likeness (QED) is 0.750. The maximum Gasteiger partial charge on any atom is 0.239 e. The fraction of sp³-hybridized carbons (Fsp3) is 0.308. The highest BCUT2D eigenvalue weighted by molar-refractivity contribution is 7.17. The van der Waals surface area contributed by atoms with Crippen LogP contribution in [0.4, 0.5) is 0 Å². The summed E-state index contributed by atoms with van der Waals surface area (Å²) in [5.41, 5.74) is 6.64. The molecule has 4 nitrogen and oxygen atoms in total. The van der Waals surface area contributed by atoms with Gasteiger partial charge in [0.2, 0.25) is 5.91 Å². The Labute approximate surface area is 109 Å². The molecule has 2 rings (SSSR count). The van der Waals surface area contributed by atoms with Crippen LogP contribution < -0.4 is 11.1 Å². The molecular weight excluding hydrogens is 248 g/mol. The molecule has 0 bridgehead atoms. The summed E-state index contributed by atoms with van der Waals surface area (Å²) in [6.45, 7) is 0.209. The molecule has 18 heavy (non-hydrogen) atoms. The van der Waals surface area contributed by atoms with Crippen LogP contribution in [-0.2, 0) is 11.2 Å². The summed E-state index contributed by atoms with van der Waals surface area (Å²) in [7, 11) is 0. The fourth-order valence-electron chi connectivity index (χ4n) is 1.76. The number of hydrogen-bond donors (Lipinski definition) is 3. The third-order valence-corrected chi connectivity index (χ3v) is 3.80. The van der Waals surface area contributed by atoms with Gasteiger partial charge in [0.05, 0.1) is 6.61 Å². The normalized spacial score (nSPS) is 12.6. The maximum absolute atomic E-state index is 11.4. The molecule has 0 aliphatic heterocycles. The fourth-order valence-corrected chi connectivity index (χ4v) is 2.76. The van der Waals surface area contributed by atoms with E-state index in [2.05, 4.69) is 22.8 Å². The highest BCUT2D eigenvalue weighted by Crippen LogP contribution is 2.25. The van der Waals surface area contributed by atoms with Gasteiger partial charge in [-0.25, -0.2) is 0 Å². The summed E-state index contributed by atoms with van der Waals surface area (Å²) in [4.78, 5) is 11.4. The van der Waals surface area contributed by atoms with Crippen LogP contribution >= 0.6 is 11.3 Å². The van der Waals surface area contributed by atoms with Gasteiger partial charge in [0.15, 0.2) is 0 Å². The second-order valence-corrected chi connectivity index (χ2v) is 5.00. The van der Waals surface area contributed by atoms with Crippen LogP contribution in [0.1, 0.15) is 5.56 Å². The van der Waals surface area contributed by atoms with Crippen LogP contribution in [0.25, 0.3) is 10.1 Å². The molecule has 1 aromatic heterocycles. The SMILES string of the molecule is NC(CO)C(=O)NCCc1csc2ccccc12. The summed E-state index contributed by atoms with van der Waals surface area (Å²) in [6.07, 6.45) is 0.772. The first-order chi connectivity index (χ1) is 8.72. The second kappa shape index (κ2) is 5.95. The Morgan fingerprint density at radius 2 is 2.22 bits per heavy atom. The molecule has 0 fully saturated rings. The van der Waals surface area contributed by atoms with Gasteiger partial charge in [0, 0.05) is 11.2 Å². The zero-order valence-electron chi connectivity index (χ0n) is 9.93. The molecule has 1 unspecified atom stereocenters. The third-order valence-electron chi connectivity index (χ3n) is 2.79. The predicted molar refractivity (Wildman–Crippen MR) is 73.6 cm³/mol. The molecule has 4 N–H and O–H groups in total. The van der Waals surface area contributed by atoms with Gasteiger partial charge in [-0.05, 0) is 28.8 Å². The molecular formula is C13H16N2O2S. The van der Waals surface area contributed by atoms with Crippen molar-refractivity contribution in [2.75, 3.05) is 13.2 Å². The van der Waals surface area contributed by atoms with Crippen molar-refractivity contribution < 1.29 is 9.90 Å². The van der Waals surface area contributed by atoms with Crippen molar-refractivity contribution in [2.24, 2.45) is 5.73 Å². The second-order valence-electron chi connectivity index (χ2n) is 4.09. The molecule has 2 aromatic rings. The van der Waals surface area contributed by atoms with Gasteiger partial charge in [0.1, 0.15) is 6.04 Å². The molecule has 1 aromatic carbocycles. The number of fused-ring (bicyclic) bond motifs is 1. The average Bonchev–Trinajstić information content (AvgIpc) is 2.81. The summed E-state index contributed by atoms with van der Waals surface area (Å²) >= 11 is 1.71. The van der Waals surface area contributed by atoms with Gasteiger partial charge in [-0.1, -0.05) is 18.2 Å². The number of amides is 1. The number of carbonyl (C=O) groups is 1. The van der Waals surface area contributed by atoms with Crippen molar-refractivity contribution in [1.82, 2.24) is 5.32 Å². The van der Waals surface area contributed by atoms with Crippen molar-refractivity contribution >= 4 is 27.3 Å². The minimum Gasteiger partial charge on any atom is -0.394 e. The average molecular weight is 264 g/mol. The van der Waals surface area contributed by atoms with Crippen molar-refractivity contribution in [2.45, 2.75) is 12.5 Å². The number of benzene rings is 1. The lowest BCUT2D eigenvalue weighted by molar-refractivity contribution is -0.123. The summed E-state index contributed by atoms with van der Waals surface area (Å²) in [5, 5.41) is 14.8. The third kappa shape index (κ3) is 2.87. The van der Waals surface area contributed by atoms with Crippen LogP contribution in [0.5, 0.6) is 0 Å². The lowest BCUT2D eigenvalue weighted by atomic mass is 10.1. The smallest absolute Gasteiger partial charge is 0.239 e. The Hall–Kier alpha value is -1.43. The summed E-state index contributed by atoms with van der Waals surface area (Å²) in [6, 6.07) is 7.37. The monoisotopic (exact) mass is 264 g/mol. The Morgan fingerprint density at radius 3 is 3.00 bits per heavy atom. The van der Waals surface area contributed by atoms with Crippen LogP contribution in [0.3, 0.4) is 0 Å². The van der Waals surface area contributed by atoms with E-state index in [1.807, 2.05) is 12.1 Å². The van der Waals surface area contributed by atoms with Gasteiger partial charge in [-0.15, -0.1) is 11.3 Å². The lowest BCUT2D eigenvalue weighted by Crippen LogP contribution is -2.43. The molecule has 0 saturated carbocycles. The van der Waals surface area contributed by atoms with Crippen molar-refractivity contribution in [1.29, 1.82) is 0 Å². The van der Waals surface area contributed by atoms with Crippen molar-refractivity contribution in [3.05, 3.63) is 35.2 Å². The number of nitrogens with two attached hydrogens (primary N) is 1. The maximum atomic E-state index is 11.4. The zero-order chi connectivity index (χ0) is 13.0. The Kier molecular flexibility index (Phi) is 4.30. The number of rotatable bonds is 5. The first-order valence-corrected chi connectivity index (χ1v) is 6.69. The first kappa shape index (κ1) is 13.0. The Balaban J connectivity index is 1.93. The van der Waals surface area contributed by atoms with E-state index >= 15 is 0 Å². The largest absolute Gasteiger partial charge is 0.394 e. The molecule has 5 heteroatoms. The minimum atomic E-state index is -0.829. The summed E-state index contributed by atoms with van der Waals surface area (Å²) in [5.74, 6) is -0.308. The number of aliphatic hydroxyl groups excluding tert-OH is 1. The molecule has 0 spiro atoms. The van der Waals surface area contributed by atoms with E-state index in [1.165, 1.54) is 15.6 Å². The van der Waals surface area contributed by atoms with E-state index < -0.39 is 6.04 Å².